The first-order valence-electron chi connectivity index (χ1n) is 4.06. The summed E-state index contributed by atoms with van der Waals surface area (Å²) < 4.78 is 5.20. The Morgan fingerprint density at radius 3 is 2.17 bits per heavy atom. The lowest BCUT2D eigenvalue weighted by molar-refractivity contribution is 0.330. The van der Waals surface area contributed by atoms with Crippen LogP contribution in [0.3, 0.4) is 0 Å². The molecule has 0 aliphatic rings. The quantitative estimate of drug-likeness (QED) is 0.642. The van der Waals surface area contributed by atoms with Crippen molar-refractivity contribution < 1.29 is 4.52 Å². The van der Waals surface area contributed by atoms with Crippen LogP contribution in [0, 0.1) is 0 Å². The summed E-state index contributed by atoms with van der Waals surface area (Å²) in [5.41, 5.74) is 0.0429. The Morgan fingerprint density at radius 1 is 1.33 bits per heavy atom. The molecule has 0 saturated carbocycles. The van der Waals surface area contributed by atoms with Crippen LogP contribution in [0.25, 0.3) is 0 Å². The molecule has 0 aliphatic heterocycles. The van der Waals surface area contributed by atoms with Gasteiger partial charge in [0.05, 0.1) is 0 Å². The summed E-state index contributed by atoms with van der Waals surface area (Å²) in [7, 11) is 3.90. The van der Waals surface area contributed by atoms with Crippen molar-refractivity contribution in [3.05, 3.63) is 11.8 Å². The molecule has 0 bridgehead atoms. The molecule has 0 spiro atoms. The van der Waals surface area contributed by atoms with Gasteiger partial charge in [0.1, 0.15) is 5.76 Å². The van der Waals surface area contributed by atoms with Crippen molar-refractivity contribution >= 4 is 5.82 Å². The van der Waals surface area contributed by atoms with E-state index in [1.807, 2.05) is 25.1 Å². The first kappa shape index (κ1) is 9.10. The fourth-order valence-corrected chi connectivity index (χ4v) is 0.830. The van der Waals surface area contributed by atoms with E-state index in [1.54, 1.807) is 0 Å². The van der Waals surface area contributed by atoms with E-state index in [0.29, 0.717) is 0 Å². The van der Waals surface area contributed by atoms with Crippen molar-refractivity contribution in [2.75, 3.05) is 19.0 Å². The van der Waals surface area contributed by atoms with Gasteiger partial charge in [-0.05, 0) is 0 Å². The summed E-state index contributed by atoms with van der Waals surface area (Å²) in [6.07, 6.45) is 0. The van der Waals surface area contributed by atoms with E-state index in [0.717, 1.165) is 11.6 Å². The predicted octanol–water partition coefficient (Wildman–Crippen LogP) is 2.04. The molecule has 0 unspecified atom stereocenters. The first-order chi connectivity index (χ1) is 5.41. The molecular formula is C9H16N2O. The SMILES string of the molecule is CN(C)c1cc(C(C)(C)C)on1. The van der Waals surface area contributed by atoms with Gasteiger partial charge in [-0.1, -0.05) is 25.9 Å². The summed E-state index contributed by atoms with van der Waals surface area (Å²) in [6.45, 7) is 6.31. The van der Waals surface area contributed by atoms with E-state index in [9.17, 15) is 0 Å². The minimum absolute atomic E-state index is 0.0429. The fourth-order valence-electron chi connectivity index (χ4n) is 0.830. The van der Waals surface area contributed by atoms with Gasteiger partial charge < -0.3 is 9.42 Å². The molecule has 0 atom stereocenters. The van der Waals surface area contributed by atoms with Gasteiger partial charge in [-0.3, -0.25) is 0 Å². The molecule has 0 saturated heterocycles. The maximum atomic E-state index is 5.20. The van der Waals surface area contributed by atoms with Gasteiger partial charge >= 0.3 is 0 Å². The van der Waals surface area contributed by atoms with E-state index < -0.39 is 0 Å². The van der Waals surface area contributed by atoms with E-state index in [4.69, 9.17) is 4.52 Å². The monoisotopic (exact) mass is 168 g/mol. The third kappa shape index (κ3) is 1.78. The lowest BCUT2D eigenvalue weighted by Gasteiger charge is -2.12. The Bertz CT molecular complexity index is 258. The third-order valence-corrected chi connectivity index (χ3v) is 1.70. The molecule has 0 N–H and O–H groups in total. The van der Waals surface area contributed by atoms with Crippen LogP contribution in [0.4, 0.5) is 5.82 Å². The van der Waals surface area contributed by atoms with Crippen LogP contribution < -0.4 is 4.90 Å². The molecule has 0 amide bonds. The molecule has 1 rings (SSSR count). The highest BCUT2D eigenvalue weighted by molar-refractivity contribution is 5.37. The first-order valence-corrected chi connectivity index (χ1v) is 4.06. The molecule has 1 aromatic heterocycles. The van der Waals surface area contributed by atoms with Crippen LogP contribution >= 0.6 is 0 Å². The zero-order valence-electron chi connectivity index (χ0n) is 8.38. The topological polar surface area (TPSA) is 29.3 Å². The van der Waals surface area contributed by atoms with Crippen LogP contribution in [0.15, 0.2) is 10.6 Å². The van der Waals surface area contributed by atoms with Gasteiger partial charge in [0.2, 0.25) is 0 Å². The molecule has 0 radical (unpaired) electrons. The Hall–Kier alpha value is -0.990. The van der Waals surface area contributed by atoms with Crippen molar-refractivity contribution in [1.82, 2.24) is 5.16 Å². The maximum Gasteiger partial charge on any atom is 0.171 e. The smallest absolute Gasteiger partial charge is 0.171 e. The Labute approximate surface area is 73.3 Å². The zero-order chi connectivity index (χ0) is 9.35. The standard InChI is InChI=1S/C9H16N2O/c1-9(2,3)7-6-8(10-12-7)11(4)5/h6H,1-5H3. The van der Waals surface area contributed by atoms with Crippen LogP contribution in [-0.2, 0) is 5.41 Å². The van der Waals surface area contributed by atoms with E-state index >= 15 is 0 Å². The molecule has 3 nitrogen and oxygen atoms in total. The Morgan fingerprint density at radius 2 is 1.92 bits per heavy atom. The van der Waals surface area contributed by atoms with Crippen LogP contribution in [0.1, 0.15) is 26.5 Å². The summed E-state index contributed by atoms with van der Waals surface area (Å²) in [6, 6.07) is 1.97. The van der Waals surface area contributed by atoms with Gasteiger partial charge in [-0.15, -0.1) is 0 Å². The average Bonchev–Trinajstić information content (AvgIpc) is 2.30. The number of hydrogen-bond acceptors (Lipinski definition) is 3. The van der Waals surface area contributed by atoms with Crippen molar-refractivity contribution in [2.45, 2.75) is 26.2 Å². The molecule has 0 aliphatic carbocycles. The van der Waals surface area contributed by atoms with E-state index in [-0.39, 0.29) is 5.41 Å². The molecule has 1 heterocycles. The lowest BCUT2D eigenvalue weighted by atomic mass is 9.93. The van der Waals surface area contributed by atoms with Gasteiger partial charge in [-0.2, -0.15) is 0 Å². The second-order valence-corrected chi connectivity index (χ2v) is 4.19. The van der Waals surface area contributed by atoms with Gasteiger partial charge in [-0.25, -0.2) is 0 Å². The number of rotatable bonds is 1. The van der Waals surface area contributed by atoms with Crippen molar-refractivity contribution in [3.8, 4) is 0 Å². The van der Waals surface area contributed by atoms with Crippen molar-refractivity contribution in [3.63, 3.8) is 0 Å². The van der Waals surface area contributed by atoms with Gasteiger partial charge in [0.25, 0.3) is 0 Å². The Kier molecular flexibility index (Phi) is 2.13. The number of aromatic nitrogens is 1. The van der Waals surface area contributed by atoms with Crippen LogP contribution in [-0.4, -0.2) is 19.3 Å². The highest BCUT2D eigenvalue weighted by Crippen LogP contribution is 2.24. The highest BCUT2D eigenvalue weighted by Gasteiger charge is 2.19. The summed E-state index contributed by atoms with van der Waals surface area (Å²) in [5.74, 6) is 1.80. The second kappa shape index (κ2) is 2.81. The summed E-state index contributed by atoms with van der Waals surface area (Å²) in [4.78, 5) is 1.93. The summed E-state index contributed by atoms with van der Waals surface area (Å²) >= 11 is 0. The van der Waals surface area contributed by atoms with Gasteiger partial charge in [0.15, 0.2) is 5.82 Å². The van der Waals surface area contributed by atoms with Crippen molar-refractivity contribution in [1.29, 1.82) is 0 Å². The lowest BCUT2D eigenvalue weighted by Crippen LogP contribution is -2.10. The number of hydrogen-bond donors (Lipinski definition) is 0. The number of nitrogens with zero attached hydrogens (tertiary/aromatic N) is 2. The largest absolute Gasteiger partial charge is 0.360 e. The van der Waals surface area contributed by atoms with Crippen LogP contribution in [0.2, 0.25) is 0 Å². The molecule has 0 aromatic carbocycles. The molecule has 1 aromatic rings. The Balaban J connectivity index is 2.92. The molecule has 68 valence electrons. The van der Waals surface area contributed by atoms with Crippen molar-refractivity contribution in [2.24, 2.45) is 0 Å². The normalized spacial score (nSPS) is 11.8. The van der Waals surface area contributed by atoms with E-state index in [1.165, 1.54) is 0 Å². The predicted molar refractivity (Wildman–Crippen MR) is 49.5 cm³/mol. The summed E-state index contributed by atoms with van der Waals surface area (Å²) in [5, 5.41) is 3.93. The molecule has 0 fully saturated rings. The van der Waals surface area contributed by atoms with Crippen LogP contribution in [0.5, 0.6) is 0 Å². The zero-order valence-corrected chi connectivity index (χ0v) is 8.38. The second-order valence-electron chi connectivity index (χ2n) is 4.19. The minimum Gasteiger partial charge on any atom is -0.360 e. The molecule has 3 heteroatoms. The average molecular weight is 168 g/mol. The highest BCUT2D eigenvalue weighted by atomic mass is 16.5. The molecule has 12 heavy (non-hydrogen) atoms. The van der Waals surface area contributed by atoms with E-state index in [2.05, 4.69) is 25.9 Å². The maximum absolute atomic E-state index is 5.20. The number of anilines is 1. The minimum atomic E-state index is 0.0429. The fraction of sp³-hybridized carbons (Fsp3) is 0.667. The van der Waals surface area contributed by atoms with Gasteiger partial charge in [0, 0.05) is 25.6 Å². The molecular weight excluding hydrogens is 152 g/mol. The third-order valence-electron chi connectivity index (χ3n) is 1.70.